The van der Waals surface area contributed by atoms with Crippen LogP contribution in [-0.4, -0.2) is 11.7 Å². The lowest BCUT2D eigenvalue weighted by Crippen LogP contribution is -2.11. The fraction of sp³-hybridized carbons (Fsp3) is 0.200. The minimum Gasteiger partial charge on any atom is -0.387 e. The van der Waals surface area contributed by atoms with Crippen molar-refractivity contribution in [3.05, 3.63) is 65.7 Å². The Hall–Kier alpha value is -1.80. The van der Waals surface area contributed by atoms with Crippen LogP contribution in [0, 0.1) is 6.92 Å². The Balaban J connectivity index is 1.95. The van der Waals surface area contributed by atoms with Gasteiger partial charge in [0.25, 0.3) is 0 Å². The van der Waals surface area contributed by atoms with Crippen LogP contribution in [0.4, 0.5) is 5.69 Å². The number of aliphatic hydroxyl groups is 1. The van der Waals surface area contributed by atoms with Crippen molar-refractivity contribution in [3.8, 4) is 0 Å². The number of anilines is 1. The van der Waals surface area contributed by atoms with Crippen LogP contribution in [0.25, 0.3) is 0 Å². The fourth-order valence-corrected chi connectivity index (χ4v) is 1.76. The Kier molecular flexibility index (Phi) is 3.78. The Morgan fingerprint density at radius 2 is 1.82 bits per heavy atom. The highest BCUT2D eigenvalue weighted by Gasteiger charge is 2.05. The topological polar surface area (TPSA) is 32.3 Å². The number of benzene rings is 2. The van der Waals surface area contributed by atoms with E-state index < -0.39 is 6.10 Å². The Labute approximate surface area is 102 Å². The molecule has 88 valence electrons. The zero-order valence-corrected chi connectivity index (χ0v) is 9.93. The zero-order valence-electron chi connectivity index (χ0n) is 9.93. The molecule has 2 aromatic rings. The van der Waals surface area contributed by atoms with Crippen LogP contribution in [0.1, 0.15) is 17.2 Å². The van der Waals surface area contributed by atoms with Crippen molar-refractivity contribution in [2.24, 2.45) is 0 Å². The van der Waals surface area contributed by atoms with Gasteiger partial charge in [0.2, 0.25) is 0 Å². The van der Waals surface area contributed by atoms with Gasteiger partial charge < -0.3 is 10.4 Å². The molecule has 1 unspecified atom stereocenters. The minimum atomic E-state index is -0.475. The van der Waals surface area contributed by atoms with E-state index in [0.29, 0.717) is 6.54 Å². The normalized spacial score (nSPS) is 12.1. The maximum absolute atomic E-state index is 9.99. The van der Waals surface area contributed by atoms with E-state index in [1.165, 1.54) is 5.56 Å². The molecule has 2 nitrogen and oxygen atoms in total. The lowest BCUT2D eigenvalue weighted by atomic mass is 10.1. The van der Waals surface area contributed by atoms with E-state index in [1.807, 2.05) is 42.5 Å². The largest absolute Gasteiger partial charge is 0.387 e. The van der Waals surface area contributed by atoms with Crippen molar-refractivity contribution < 1.29 is 5.11 Å². The van der Waals surface area contributed by atoms with Gasteiger partial charge in [0, 0.05) is 12.2 Å². The maximum Gasteiger partial charge on any atom is 0.0962 e. The van der Waals surface area contributed by atoms with Gasteiger partial charge in [-0.25, -0.2) is 0 Å². The van der Waals surface area contributed by atoms with Gasteiger partial charge in [-0.05, 0) is 30.2 Å². The summed E-state index contributed by atoms with van der Waals surface area (Å²) in [6.45, 7) is 2.58. The zero-order chi connectivity index (χ0) is 12.1. The van der Waals surface area contributed by atoms with Crippen LogP contribution in [0.2, 0.25) is 0 Å². The second-order valence-electron chi connectivity index (χ2n) is 4.18. The molecule has 0 spiro atoms. The lowest BCUT2D eigenvalue weighted by Gasteiger charge is -2.13. The van der Waals surface area contributed by atoms with Crippen molar-refractivity contribution in [1.82, 2.24) is 0 Å². The number of rotatable bonds is 4. The number of hydrogen-bond acceptors (Lipinski definition) is 2. The summed E-state index contributed by atoms with van der Waals surface area (Å²) >= 11 is 0. The van der Waals surface area contributed by atoms with Gasteiger partial charge in [-0.15, -0.1) is 0 Å². The molecule has 2 N–H and O–H groups in total. The average molecular weight is 227 g/mol. The monoisotopic (exact) mass is 227 g/mol. The molecule has 0 saturated carbocycles. The highest BCUT2D eigenvalue weighted by Crippen LogP contribution is 2.14. The van der Waals surface area contributed by atoms with Crippen molar-refractivity contribution >= 4 is 5.69 Å². The maximum atomic E-state index is 9.99. The van der Waals surface area contributed by atoms with Crippen molar-refractivity contribution in [3.63, 3.8) is 0 Å². The summed E-state index contributed by atoms with van der Waals surface area (Å²) in [6.07, 6.45) is -0.475. The first-order valence-corrected chi connectivity index (χ1v) is 5.79. The summed E-state index contributed by atoms with van der Waals surface area (Å²) in [5.41, 5.74) is 3.19. The van der Waals surface area contributed by atoms with E-state index in [1.54, 1.807) is 0 Å². The van der Waals surface area contributed by atoms with Gasteiger partial charge in [-0.2, -0.15) is 0 Å². The third-order valence-corrected chi connectivity index (χ3v) is 2.70. The van der Waals surface area contributed by atoms with Crippen molar-refractivity contribution in [2.45, 2.75) is 13.0 Å². The van der Waals surface area contributed by atoms with Gasteiger partial charge in [-0.1, -0.05) is 42.5 Å². The number of nitrogens with one attached hydrogen (secondary N) is 1. The fourth-order valence-electron chi connectivity index (χ4n) is 1.76. The van der Waals surface area contributed by atoms with Crippen LogP contribution in [0.15, 0.2) is 54.6 Å². The van der Waals surface area contributed by atoms with Gasteiger partial charge in [0.15, 0.2) is 0 Å². The van der Waals surface area contributed by atoms with Crippen molar-refractivity contribution in [1.29, 1.82) is 0 Å². The van der Waals surface area contributed by atoms with Crippen LogP contribution < -0.4 is 5.32 Å². The molecule has 0 heterocycles. The average Bonchev–Trinajstić information content (AvgIpc) is 2.37. The molecule has 0 fully saturated rings. The molecular weight excluding hydrogens is 210 g/mol. The molecule has 0 bridgehead atoms. The van der Waals surface area contributed by atoms with E-state index in [0.717, 1.165) is 11.3 Å². The van der Waals surface area contributed by atoms with E-state index in [9.17, 15) is 5.11 Å². The van der Waals surface area contributed by atoms with Crippen LogP contribution >= 0.6 is 0 Å². The lowest BCUT2D eigenvalue weighted by molar-refractivity contribution is 0.191. The standard InChI is InChI=1S/C15H17NO/c1-12-6-5-9-14(10-12)16-11-15(17)13-7-3-2-4-8-13/h2-10,15-17H,11H2,1H3. The molecule has 0 aliphatic rings. The van der Waals surface area contributed by atoms with E-state index in [4.69, 9.17) is 0 Å². The molecule has 1 atom stereocenters. The first-order valence-electron chi connectivity index (χ1n) is 5.79. The predicted molar refractivity (Wildman–Crippen MR) is 71.1 cm³/mol. The van der Waals surface area contributed by atoms with E-state index in [-0.39, 0.29) is 0 Å². The molecule has 0 amide bonds. The Morgan fingerprint density at radius 1 is 1.06 bits per heavy atom. The van der Waals surface area contributed by atoms with Gasteiger partial charge in [0.1, 0.15) is 0 Å². The Morgan fingerprint density at radius 3 is 2.53 bits per heavy atom. The molecular formula is C15H17NO. The second kappa shape index (κ2) is 5.51. The molecule has 2 heteroatoms. The molecule has 2 aromatic carbocycles. The van der Waals surface area contributed by atoms with Gasteiger partial charge >= 0.3 is 0 Å². The van der Waals surface area contributed by atoms with Crippen LogP contribution in [0.3, 0.4) is 0 Å². The summed E-state index contributed by atoms with van der Waals surface area (Å²) in [4.78, 5) is 0. The van der Waals surface area contributed by atoms with Crippen LogP contribution in [0.5, 0.6) is 0 Å². The summed E-state index contributed by atoms with van der Waals surface area (Å²) in [7, 11) is 0. The molecule has 0 radical (unpaired) electrons. The molecule has 0 saturated heterocycles. The summed E-state index contributed by atoms with van der Waals surface area (Å²) in [6, 6.07) is 17.8. The van der Waals surface area contributed by atoms with Gasteiger partial charge in [-0.3, -0.25) is 0 Å². The summed E-state index contributed by atoms with van der Waals surface area (Å²) in [5.74, 6) is 0. The third kappa shape index (κ3) is 3.33. The third-order valence-electron chi connectivity index (χ3n) is 2.70. The summed E-state index contributed by atoms with van der Waals surface area (Å²) < 4.78 is 0. The van der Waals surface area contributed by atoms with E-state index >= 15 is 0 Å². The molecule has 0 aromatic heterocycles. The highest BCUT2D eigenvalue weighted by atomic mass is 16.3. The Bertz CT molecular complexity index is 467. The molecule has 0 aliphatic carbocycles. The highest BCUT2D eigenvalue weighted by molar-refractivity contribution is 5.45. The molecule has 0 aliphatic heterocycles. The number of aliphatic hydroxyl groups excluding tert-OH is 1. The first kappa shape index (κ1) is 11.7. The SMILES string of the molecule is Cc1cccc(NCC(O)c2ccccc2)c1. The molecule has 2 rings (SSSR count). The smallest absolute Gasteiger partial charge is 0.0962 e. The number of hydrogen-bond donors (Lipinski definition) is 2. The van der Waals surface area contributed by atoms with Gasteiger partial charge in [0.05, 0.1) is 6.10 Å². The summed E-state index contributed by atoms with van der Waals surface area (Å²) in [5, 5.41) is 13.2. The minimum absolute atomic E-state index is 0.475. The quantitative estimate of drug-likeness (QED) is 0.841. The number of aryl methyl sites for hydroxylation is 1. The van der Waals surface area contributed by atoms with Crippen LogP contribution in [-0.2, 0) is 0 Å². The second-order valence-corrected chi connectivity index (χ2v) is 4.18. The first-order chi connectivity index (χ1) is 8.25. The van der Waals surface area contributed by atoms with Crippen molar-refractivity contribution in [2.75, 3.05) is 11.9 Å². The van der Waals surface area contributed by atoms with E-state index in [2.05, 4.69) is 24.4 Å². The predicted octanol–water partition coefficient (Wildman–Crippen LogP) is 3.14. The molecule has 17 heavy (non-hydrogen) atoms.